The fraction of sp³-hybridized carbons (Fsp3) is 0.136. The van der Waals surface area contributed by atoms with Crippen molar-refractivity contribution in [3.05, 3.63) is 73.9 Å². The summed E-state index contributed by atoms with van der Waals surface area (Å²) in [6, 6.07) is 10.3. The minimum atomic E-state index is -1.17. The van der Waals surface area contributed by atoms with Gasteiger partial charge in [-0.2, -0.15) is 0 Å². The predicted octanol–water partition coefficient (Wildman–Crippen LogP) is 5.19. The first kappa shape index (κ1) is 24.0. The number of nitro groups is 1. The monoisotopic (exact) mass is 490 g/mol. The molecule has 2 aromatic carbocycles. The van der Waals surface area contributed by atoms with E-state index < -0.39 is 23.5 Å². The van der Waals surface area contributed by atoms with Gasteiger partial charge in [-0.3, -0.25) is 15.1 Å². The summed E-state index contributed by atoms with van der Waals surface area (Å²) in [5.74, 6) is -1.71. The zero-order valence-electron chi connectivity index (χ0n) is 17.3. The van der Waals surface area contributed by atoms with Crippen molar-refractivity contribution in [3.8, 4) is 28.1 Å². The third-order valence-corrected chi connectivity index (χ3v) is 5.52. The Balaban J connectivity index is 2.17. The number of carbonyl (C=O) groups excluding carboxylic acids is 1. The Morgan fingerprint density at radius 1 is 1.09 bits per heavy atom. The second-order valence-electron chi connectivity index (χ2n) is 6.73. The molecule has 33 heavy (non-hydrogen) atoms. The van der Waals surface area contributed by atoms with E-state index in [1.165, 1.54) is 37.4 Å². The molecule has 0 saturated carbocycles. The largest absolute Gasteiger partial charge is 0.480 e. The number of hydrogen-bond acceptors (Lipinski definition) is 7. The maximum Gasteiger partial charge on any atom is 0.341 e. The average Bonchev–Trinajstić information content (AvgIpc) is 2.79. The predicted molar refractivity (Wildman–Crippen MR) is 121 cm³/mol. The molecule has 1 aromatic heterocycles. The molecule has 0 spiro atoms. The van der Waals surface area contributed by atoms with E-state index in [0.29, 0.717) is 28.1 Å². The zero-order chi connectivity index (χ0) is 24.3. The zero-order valence-corrected chi connectivity index (χ0v) is 18.8. The number of benzene rings is 2. The van der Waals surface area contributed by atoms with Crippen LogP contribution < -0.4 is 4.74 Å². The van der Waals surface area contributed by atoms with E-state index in [1.807, 2.05) is 0 Å². The van der Waals surface area contributed by atoms with Crippen molar-refractivity contribution in [3.63, 3.8) is 0 Å². The van der Waals surface area contributed by atoms with Crippen LogP contribution in [-0.4, -0.2) is 40.7 Å². The highest BCUT2D eigenvalue weighted by atomic mass is 35.5. The van der Waals surface area contributed by atoms with E-state index in [9.17, 15) is 19.7 Å². The molecule has 0 unspecified atom stereocenters. The number of esters is 1. The fourth-order valence-electron chi connectivity index (χ4n) is 3.14. The molecule has 3 rings (SSSR count). The summed E-state index contributed by atoms with van der Waals surface area (Å²) >= 11 is 12.7. The van der Waals surface area contributed by atoms with Gasteiger partial charge < -0.3 is 14.6 Å². The molecule has 3 aromatic rings. The van der Waals surface area contributed by atoms with Crippen LogP contribution in [0.3, 0.4) is 0 Å². The third-order valence-electron chi connectivity index (χ3n) is 4.65. The Labute approximate surface area is 197 Å². The molecule has 1 heterocycles. The van der Waals surface area contributed by atoms with Crippen molar-refractivity contribution in [2.24, 2.45) is 0 Å². The molecule has 0 aliphatic rings. The van der Waals surface area contributed by atoms with Crippen molar-refractivity contribution >= 4 is 40.8 Å². The number of carboxylic acid groups (broad SMARTS) is 1. The van der Waals surface area contributed by atoms with E-state index in [4.69, 9.17) is 37.8 Å². The van der Waals surface area contributed by atoms with Crippen molar-refractivity contribution in [2.45, 2.75) is 6.92 Å². The first-order chi connectivity index (χ1) is 15.6. The van der Waals surface area contributed by atoms with E-state index >= 15 is 0 Å². The molecule has 9 nitrogen and oxygen atoms in total. The molecule has 0 aliphatic carbocycles. The first-order valence-corrected chi connectivity index (χ1v) is 10.1. The molecule has 0 amide bonds. The average molecular weight is 491 g/mol. The topological polar surface area (TPSA) is 129 Å². The summed E-state index contributed by atoms with van der Waals surface area (Å²) in [6.07, 6.45) is 0. The Morgan fingerprint density at radius 2 is 1.76 bits per heavy atom. The summed E-state index contributed by atoms with van der Waals surface area (Å²) in [5, 5.41) is 19.9. The summed E-state index contributed by atoms with van der Waals surface area (Å²) < 4.78 is 10.0. The number of aromatic nitrogens is 1. The second kappa shape index (κ2) is 9.85. The van der Waals surface area contributed by atoms with Gasteiger partial charge in [0.15, 0.2) is 6.61 Å². The molecule has 0 radical (unpaired) electrons. The van der Waals surface area contributed by atoms with Gasteiger partial charge in [-0.1, -0.05) is 23.2 Å². The molecule has 170 valence electrons. The number of ether oxygens (including phenoxy) is 2. The summed E-state index contributed by atoms with van der Waals surface area (Å²) in [5.41, 5.74) is 2.16. The number of hydrogen-bond donors (Lipinski definition) is 1. The highest BCUT2D eigenvalue weighted by molar-refractivity contribution is 6.44. The lowest BCUT2D eigenvalue weighted by atomic mass is 9.96. The Morgan fingerprint density at radius 3 is 2.33 bits per heavy atom. The number of non-ortho nitro benzene ring substituents is 1. The number of nitrogens with zero attached hydrogens (tertiary/aromatic N) is 2. The quantitative estimate of drug-likeness (QED) is 0.272. The number of methoxy groups -OCH3 is 1. The van der Waals surface area contributed by atoms with Gasteiger partial charge in [-0.25, -0.2) is 9.59 Å². The molecular formula is C22H16Cl2N2O7. The molecule has 11 heteroatoms. The number of carbonyl (C=O) groups is 2. The minimum absolute atomic E-state index is 0.00352. The maximum absolute atomic E-state index is 12.5. The van der Waals surface area contributed by atoms with Crippen molar-refractivity contribution < 1.29 is 29.1 Å². The maximum atomic E-state index is 12.5. The van der Waals surface area contributed by atoms with Gasteiger partial charge in [-0.05, 0) is 42.8 Å². The fourth-order valence-corrected chi connectivity index (χ4v) is 3.61. The number of rotatable bonds is 7. The summed E-state index contributed by atoms with van der Waals surface area (Å²) in [4.78, 5) is 38.1. The first-order valence-electron chi connectivity index (χ1n) is 9.31. The Bertz CT molecular complexity index is 1260. The van der Waals surface area contributed by atoms with Crippen LogP contribution in [-0.2, 0) is 9.53 Å². The van der Waals surface area contributed by atoms with Gasteiger partial charge in [0.1, 0.15) is 10.8 Å². The Kier molecular flexibility index (Phi) is 7.15. The van der Waals surface area contributed by atoms with Crippen molar-refractivity contribution in [2.75, 3.05) is 13.7 Å². The van der Waals surface area contributed by atoms with Gasteiger partial charge in [0.05, 0.1) is 34.0 Å². The Hall–Kier alpha value is -3.69. The number of aryl methyl sites for hydroxylation is 1. The molecule has 0 bridgehead atoms. The number of pyridine rings is 1. The van der Waals surface area contributed by atoms with Crippen molar-refractivity contribution in [1.29, 1.82) is 0 Å². The molecule has 0 aliphatic heterocycles. The van der Waals surface area contributed by atoms with Gasteiger partial charge in [-0.15, -0.1) is 0 Å². The molecule has 1 N–H and O–H groups in total. The van der Waals surface area contributed by atoms with E-state index in [0.717, 1.165) is 0 Å². The van der Waals surface area contributed by atoms with Gasteiger partial charge in [0.25, 0.3) is 5.69 Å². The van der Waals surface area contributed by atoms with Crippen molar-refractivity contribution in [1.82, 2.24) is 4.98 Å². The highest BCUT2D eigenvalue weighted by Crippen LogP contribution is 2.40. The van der Waals surface area contributed by atoms with Gasteiger partial charge >= 0.3 is 11.9 Å². The minimum Gasteiger partial charge on any atom is -0.480 e. The lowest BCUT2D eigenvalue weighted by Gasteiger charge is -2.15. The van der Waals surface area contributed by atoms with Gasteiger partial charge in [0, 0.05) is 23.3 Å². The lowest BCUT2D eigenvalue weighted by molar-refractivity contribution is -0.384. The molecule has 0 saturated heterocycles. The number of nitro benzene ring substituents is 1. The normalized spacial score (nSPS) is 10.5. The number of aliphatic carboxylic acids is 1. The lowest BCUT2D eigenvalue weighted by Crippen LogP contribution is -2.10. The van der Waals surface area contributed by atoms with E-state index in [2.05, 4.69) is 4.98 Å². The van der Waals surface area contributed by atoms with Crippen LogP contribution in [0.2, 0.25) is 10.0 Å². The van der Waals surface area contributed by atoms with E-state index in [-0.39, 0.29) is 27.0 Å². The third kappa shape index (κ3) is 5.05. The van der Waals surface area contributed by atoms with Crippen LogP contribution in [0.1, 0.15) is 16.1 Å². The van der Waals surface area contributed by atoms with Crippen LogP contribution >= 0.6 is 23.2 Å². The van der Waals surface area contributed by atoms with Crippen LogP contribution in [0.5, 0.6) is 5.75 Å². The smallest absolute Gasteiger partial charge is 0.341 e. The van der Waals surface area contributed by atoms with Crippen LogP contribution in [0, 0.1) is 17.0 Å². The second-order valence-corrected chi connectivity index (χ2v) is 7.49. The standard InChI is InChI=1S/C22H16Cl2N2O7/c1-11-19(22(29)32-2)15(12-3-5-13(6-4-12)26(30)31)9-16(25-11)14-7-8-17(21(24)20(14)23)33-10-18(27)28/h3-9H,10H2,1-2H3,(H,27,28). The number of halogens is 2. The van der Waals surface area contributed by atoms with Crippen LogP contribution in [0.25, 0.3) is 22.4 Å². The summed E-state index contributed by atoms with van der Waals surface area (Å²) in [7, 11) is 1.24. The van der Waals surface area contributed by atoms with E-state index in [1.54, 1.807) is 19.1 Å². The van der Waals surface area contributed by atoms with Gasteiger partial charge in [0.2, 0.25) is 0 Å². The SMILES string of the molecule is COC(=O)c1c(-c2ccc([N+](=O)[O-])cc2)cc(-c2ccc(OCC(=O)O)c(Cl)c2Cl)nc1C. The summed E-state index contributed by atoms with van der Waals surface area (Å²) in [6.45, 7) is 1.02. The molecule has 0 atom stereocenters. The molecule has 0 fully saturated rings. The number of carboxylic acids is 1. The van der Waals surface area contributed by atoms with Crippen LogP contribution in [0.15, 0.2) is 42.5 Å². The highest BCUT2D eigenvalue weighted by Gasteiger charge is 2.22. The van der Waals surface area contributed by atoms with Crippen LogP contribution in [0.4, 0.5) is 5.69 Å². The molecular weight excluding hydrogens is 475 g/mol.